The SMILES string of the molecule is Cc1cc(OCC(=O)N/N=C/c2ccccc2[N+](=O)[O-])cc(C)c1Cl. The van der Waals surface area contributed by atoms with Gasteiger partial charge in [0.1, 0.15) is 5.75 Å². The summed E-state index contributed by atoms with van der Waals surface area (Å²) < 4.78 is 5.40. The fourth-order valence-electron chi connectivity index (χ4n) is 2.11. The third-order valence-corrected chi connectivity index (χ3v) is 3.90. The number of hydrogen-bond acceptors (Lipinski definition) is 5. The molecule has 0 heterocycles. The molecule has 2 aromatic carbocycles. The minimum Gasteiger partial charge on any atom is -0.484 e. The Morgan fingerprint density at radius 1 is 1.32 bits per heavy atom. The highest BCUT2D eigenvalue weighted by Crippen LogP contribution is 2.25. The molecule has 0 aliphatic carbocycles. The molecule has 0 aliphatic rings. The van der Waals surface area contributed by atoms with E-state index < -0.39 is 10.8 Å². The number of nitro groups is 1. The summed E-state index contributed by atoms with van der Waals surface area (Å²) in [5, 5.41) is 15.3. The van der Waals surface area contributed by atoms with E-state index in [1.807, 2.05) is 13.8 Å². The molecular weight excluding hydrogens is 346 g/mol. The normalized spacial score (nSPS) is 10.7. The summed E-state index contributed by atoms with van der Waals surface area (Å²) in [4.78, 5) is 22.1. The molecule has 1 N–H and O–H groups in total. The maximum Gasteiger partial charge on any atom is 0.278 e. The Morgan fingerprint density at radius 3 is 2.60 bits per heavy atom. The Bertz CT molecular complexity index is 813. The van der Waals surface area contributed by atoms with Crippen molar-refractivity contribution in [3.05, 3.63) is 68.2 Å². The van der Waals surface area contributed by atoms with E-state index in [1.54, 1.807) is 24.3 Å². The van der Waals surface area contributed by atoms with E-state index in [1.165, 1.54) is 18.3 Å². The number of nitro benzene ring substituents is 1. The van der Waals surface area contributed by atoms with E-state index in [2.05, 4.69) is 10.5 Å². The van der Waals surface area contributed by atoms with E-state index in [0.717, 1.165) is 11.1 Å². The number of halogens is 1. The lowest BCUT2D eigenvalue weighted by atomic mass is 10.1. The molecule has 0 saturated heterocycles. The van der Waals surface area contributed by atoms with Crippen molar-refractivity contribution >= 4 is 29.4 Å². The van der Waals surface area contributed by atoms with Crippen molar-refractivity contribution in [2.75, 3.05) is 6.61 Å². The van der Waals surface area contributed by atoms with Crippen molar-refractivity contribution in [2.24, 2.45) is 5.10 Å². The van der Waals surface area contributed by atoms with Gasteiger partial charge in [-0.2, -0.15) is 5.10 Å². The van der Waals surface area contributed by atoms with Gasteiger partial charge in [-0.25, -0.2) is 5.43 Å². The second-order valence-corrected chi connectivity index (χ2v) is 5.65. The molecule has 8 heteroatoms. The van der Waals surface area contributed by atoms with E-state index >= 15 is 0 Å². The van der Waals surface area contributed by atoms with Crippen molar-refractivity contribution < 1.29 is 14.5 Å². The van der Waals surface area contributed by atoms with Gasteiger partial charge in [0.15, 0.2) is 6.61 Å². The number of hydrogen-bond donors (Lipinski definition) is 1. The Balaban J connectivity index is 1.92. The van der Waals surface area contributed by atoms with Crippen LogP contribution in [0.5, 0.6) is 5.75 Å². The highest BCUT2D eigenvalue weighted by molar-refractivity contribution is 6.32. The Hall–Kier alpha value is -2.93. The number of ether oxygens (including phenoxy) is 1. The predicted octanol–water partition coefficient (Wildman–Crippen LogP) is 3.39. The van der Waals surface area contributed by atoms with Gasteiger partial charge in [-0.15, -0.1) is 0 Å². The number of aryl methyl sites for hydroxylation is 2. The topological polar surface area (TPSA) is 93.8 Å². The van der Waals surface area contributed by atoms with E-state index in [-0.39, 0.29) is 17.9 Å². The number of benzene rings is 2. The molecule has 0 aliphatic heterocycles. The first-order valence-corrected chi connectivity index (χ1v) is 7.71. The zero-order valence-electron chi connectivity index (χ0n) is 13.7. The van der Waals surface area contributed by atoms with E-state index in [9.17, 15) is 14.9 Å². The summed E-state index contributed by atoms with van der Waals surface area (Å²) in [6, 6.07) is 9.56. The fourth-order valence-corrected chi connectivity index (χ4v) is 2.22. The molecule has 0 unspecified atom stereocenters. The van der Waals surface area contributed by atoms with Crippen LogP contribution in [0.3, 0.4) is 0 Å². The van der Waals surface area contributed by atoms with E-state index in [4.69, 9.17) is 16.3 Å². The molecule has 7 nitrogen and oxygen atoms in total. The molecular formula is C17H16ClN3O4. The second kappa shape index (κ2) is 8.25. The van der Waals surface area contributed by atoms with Gasteiger partial charge in [0, 0.05) is 11.1 Å². The van der Waals surface area contributed by atoms with Gasteiger partial charge in [-0.1, -0.05) is 23.7 Å². The van der Waals surface area contributed by atoms with Crippen LogP contribution in [0.15, 0.2) is 41.5 Å². The van der Waals surface area contributed by atoms with Crippen molar-refractivity contribution in [3.8, 4) is 5.75 Å². The van der Waals surface area contributed by atoms with E-state index in [0.29, 0.717) is 10.8 Å². The summed E-state index contributed by atoms with van der Waals surface area (Å²) in [7, 11) is 0. The Kier molecular flexibility index (Phi) is 6.08. The smallest absolute Gasteiger partial charge is 0.278 e. The molecule has 2 rings (SSSR count). The van der Waals surface area contributed by atoms with Crippen LogP contribution in [-0.2, 0) is 4.79 Å². The summed E-state index contributed by atoms with van der Waals surface area (Å²) in [5.41, 5.74) is 4.17. The van der Waals surface area contributed by atoms with Crippen molar-refractivity contribution in [1.82, 2.24) is 5.43 Å². The minimum absolute atomic E-state index is 0.0936. The monoisotopic (exact) mass is 361 g/mol. The number of carbonyl (C=O) groups is 1. The second-order valence-electron chi connectivity index (χ2n) is 5.27. The fraction of sp³-hybridized carbons (Fsp3) is 0.176. The number of nitrogens with one attached hydrogen (secondary N) is 1. The number of para-hydroxylation sites is 1. The van der Waals surface area contributed by atoms with Crippen LogP contribution in [0.1, 0.15) is 16.7 Å². The molecule has 0 fully saturated rings. The highest BCUT2D eigenvalue weighted by Gasteiger charge is 2.10. The number of hydrazone groups is 1. The average molecular weight is 362 g/mol. The number of amides is 1. The Labute approximate surface area is 149 Å². The van der Waals surface area contributed by atoms with Gasteiger partial charge in [0.05, 0.1) is 16.7 Å². The van der Waals surface area contributed by atoms with Crippen molar-refractivity contribution in [2.45, 2.75) is 13.8 Å². The van der Waals surface area contributed by atoms with Gasteiger partial charge in [-0.05, 0) is 43.2 Å². The van der Waals surface area contributed by atoms with Gasteiger partial charge in [-0.3, -0.25) is 14.9 Å². The highest BCUT2D eigenvalue weighted by atomic mass is 35.5. The summed E-state index contributed by atoms with van der Waals surface area (Å²) in [6.07, 6.45) is 1.21. The van der Waals surface area contributed by atoms with Gasteiger partial charge in [0.2, 0.25) is 0 Å². The zero-order chi connectivity index (χ0) is 18.4. The standard InChI is InChI=1S/C17H16ClN3O4/c1-11-7-14(8-12(2)17(11)18)25-10-16(22)20-19-9-13-5-3-4-6-15(13)21(23)24/h3-9H,10H2,1-2H3,(H,20,22)/b19-9+. The Morgan fingerprint density at radius 2 is 1.96 bits per heavy atom. The van der Waals surface area contributed by atoms with Gasteiger partial charge < -0.3 is 4.74 Å². The molecule has 0 aromatic heterocycles. The molecule has 0 radical (unpaired) electrons. The van der Waals surface area contributed by atoms with Crippen LogP contribution in [0.4, 0.5) is 5.69 Å². The largest absolute Gasteiger partial charge is 0.484 e. The third kappa shape index (κ3) is 5.02. The van der Waals surface area contributed by atoms with Crippen molar-refractivity contribution in [3.63, 3.8) is 0 Å². The quantitative estimate of drug-likeness (QED) is 0.484. The summed E-state index contributed by atoms with van der Waals surface area (Å²) >= 11 is 6.07. The lowest BCUT2D eigenvalue weighted by Gasteiger charge is -2.09. The molecule has 0 atom stereocenters. The summed E-state index contributed by atoms with van der Waals surface area (Å²) in [6.45, 7) is 3.45. The molecule has 1 amide bonds. The van der Waals surface area contributed by atoms with Crippen LogP contribution in [0, 0.1) is 24.0 Å². The first kappa shape index (κ1) is 18.4. The first-order chi connectivity index (χ1) is 11.9. The minimum atomic E-state index is -0.516. The summed E-state index contributed by atoms with van der Waals surface area (Å²) in [5.74, 6) is 0.0392. The molecule has 0 saturated carbocycles. The molecule has 25 heavy (non-hydrogen) atoms. The van der Waals surface area contributed by atoms with Crippen LogP contribution in [0.25, 0.3) is 0 Å². The lowest BCUT2D eigenvalue weighted by Crippen LogP contribution is -2.24. The average Bonchev–Trinajstić information content (AvgIpc) is 2.58. The lowest BCUT2D eigenvalue weighted by molar-refractivity contribution is -0.385. The maximum atomic E-state index is 11.8. The molecule has 2 aromatic rings. The number of nitrogens with zero attached hydrogens (tertiary/aromatic N) is 2. The van der Waals surface area contributed by atoms with Gasteiger partial charge >= 0.3 is 0 Å². The number of carbonyl (C=O) groups excluding carboxylic acids is 1. The first-order valence-electron chi connectivity index (χ1n) is 7.33. The van der Waals surface area contributed by atoms with Crippen LogP contribution in [-0.4, -0.2) is 23.7 Å². The molecule has 0 bridgehead atoms. The zero-order valence-corrected chi connectivity index (χ0v) is 14.4. The molecule has 0 spiro atoms. The number of rotatable bonds is 6. The maximum absolute atomic E-state index is 11.8. The van der Waals surface area contributed by atoms with Crippen molar-refractivity contribution in [1.29, 1.82) is 0 Å². The molecule has 130 valence electrons. The third-order valence-electron chi connectivity index (χ3n) is 3.31. The van der Waals surface area contributed by atoms with Crippen LogP contribution in [0.2, 0.25) is 5.02 Å². The van der Waals surface area contributed by atoms with Gasteiger partial charge in [0.25, 0.3) is 11.6 Å². The predicted molar refractivity (Wildman–Crippen MR) is 95.3 cm³/mol. The van der Waals surface area contributed by atoms with Crippen LogP contribution >= 0.6 is 11.6 Å². The van der Waals surface area contributed by atoms with Crippen LogP contribution < -0.4 is 10.2 Å².